The fourth-order valence-corrected chi connectivity index (χ4v) is 2.25. The molecule has 0 saturated carbocycles. The van der Waals surface area contributed by atoms with E-state index in [1.54, 1.807) is 25.1 Å². The zero-order valence-electron chi connectivity index (χ0n) is 12.7. The maximum Gasteiger partial charge on any atom is 0.325 e. The number of nitrogens with zero attached hydrogens (tertiary/aromatic N) is 1. The molecule has 1 aromatic carbocycles. The molecule has 0 bridgehead atoms. The largest absolute Gasteiger partial charge is 0.504 e. The number of esters is 1. The van der Waals surface area contributed by atoms with E-state index in [0.717, 1.165) is 4.90 Å². The third-order valence-electron chi connectivity index (χ3n) is 3.11. The Morgan fingerprint density at radius 2 is 2.22 bits per heavy atom. The van der Waals surface area contributed by atoms with Gasteiger partial charge in [0, 0.05) is 5.56 Å². The van der Waals surface area contributed by atoms with Gasteiger partial charge in [0.25, 0.3) is 5.91 Å². The van der Waals surface area contributed by atoms with Crippen LogP contribution in [0.2, 0.25) is 0 Å². The Bertz CT molecular complexity index is 686. The summed E-state index contributed by atoms with van der Waals surface area (Å²) in [6.07, 6.45) is 1.45. The number of rotatable bonds is 5. The summed E-state index contributed by atoms with van der Waals surface area (Å²) in [7, 11) is 1.23. The summed E-state index contributed by atoms with van der Waals surface area (Å²) in [6.45, 7) is 1.93. The third kappa shape index (κ3) is 3.59. The molecule has 1 saturated heterocycles. The third-order valence-corrected chi connectivity index (χ3v) is 3.43. The first-order valence-corrected chi connectivity index (χ1v) is 7.24. The zero-order chi connectivity index (χ0) is 17.0. The number of para-hydroxylation sites is 1. The van der Waals surface area contributed by atoms with Crippen molar-refractivity contribution in [1.29, 1.82) is 0 Å². The molecule has 1 fully saturated rings. The van der Waals surface area contributed by atoms with Gasteiger partial charge in [-0.1, -0.05) is 12.1 Å². The van der Waals surface area contributed by atoms with Gasteiger partial charge in [-0.05, 0) is 31.3 Å². The van der Waals surface area contributed by atoms with Crippen molar-refractivity contribution in [1.82, 2.24) is 10.2 Å². The van der Waals surface area contributed by atoms with Gasteiger partial charge < -0.3 is 19.9 Å². The number of phenols is 1. The number of thiocarbonyl (C=S) groups is 1. The lowest BCUT2D eigenvalue weighted by molar-refractivity contribution is -0.143. The standard InChI is InChI=1S/C15H16N2O5S/c1-3-22-11-6-4-5-9(13(11)19)7-10-14(20)17(15(23)16-10)8-12(18)21-2/h4-7,19H,3,8H2,1-2H3,(H,16,23)/b10-7-. The maximum absolute atomic E-state index is 12.3. The van der Waals surface area contributed by atoms with Crippen LogP contribution in [0, 0.1) is 0 Å². The zero-order valence-corrected chi connectivity index (χ0v) is 13.5. The summed E-state index contributed by atoms with van der Waals surface area (Å²) in [5, 5.41) is 13.0. The molecule has 1 aromatic rings. The molecule has 0 atom stereocenters. The van der Waals surface area contributed by atoms with E-state index in [0.29, 0.717) is 17.9 Å². The first-order chi connectivity index (χ1) is 11.0. The van der Waals surface area contributed by atoms with E-state index in [9.17, 15) is 14.7 Å². The predicted octanol–water partition coefficient (Wildman–Crippen LogP) is 1.02. The van der Waals surface area contributed by atoms with Crippen LogP contribution >= 0.6 is 12.2 Å². The van der Waals surface area contributed by atoms with Gasteiger partial charge in [0.2, 0.25) is 0 Å². The molecule has 7 nitrogen and oxygen atoms in total. The topological polar surface area (TPSA) is 88.1 Å². The average molecular weight is 336 g/mol. The summed E-state index contributed by atoms with van der Waals surface area (Å²) < 4.78 is 9.82. The second-order valence-corrected chi connectivity index (χ2v) is 4.97. The van der Waals surface area contributed by atoms with Gasteiger partial charge in [-0.25, -0.2) is 0 Å². The number of ether oxygens (including phenoxy) is 2. The van der Waals surface area contributed by atoms with E-state index in [4.69, 9.17) is 17.0 Å². The maximum atomic E-state index is 12.3. The predicted molar refractivity (Wildman–Crippen MR) is 86.7 cm³/mol. The van der Waals surface area contributed by atoms with Crippen molar-refractivity contribution in [3.8, 4) is 11.5 Å². The molecule has 2 rings (SSSR count). The first-order valence-electron chi connectivity index (χ1n) is 6.84. The van der Waals surface area contributed by atoms with Crippen molar-refractivity contribution < 1.29 is 24.2 Å². The van der Waals surface area contributed by atoms with Crippen molar-refractivity contribution in [3.63, 3.8) is 0 Å². The molecular weight excluding hydrogens is 320 g/mol. The molecule has 122 valence electrons. The molecule has 0 aromatic heterocycles. The fourth-order valence-electron chi connectivity index (χ4n) is 1.99. The SMILES string of the molecule is CCOc1cccc(/C=C2\NC(=S)N(CC(=O)OC)C2=O)c1O. The number of methoxy groups -OCH3 is 1. The van der Waals surface area contributed by atoms with Gasteiger partial charge in [-0.15, -0.1) is 0 Å². The average Bonchev–Trinajstić information content (AvgIpc) is 2.79. The number of phenolic OH excluding ortho intramolecular Hbond substituents is 1. The van der Waals surface area contributed by atoms with Crippen LogP contribution in [0.1, 0.15) is 12.5 Å². The number of hydrogen-bond acceptors (Lipinski definition) is 6. The van der Waals surface area contributed by atoms with Gasteiger partial charge in [-0.3, -0.25) is 14.5 Å². The Balaban J connectivity index is 2.27. The molecule has 0 aliphatic carbocycles. The van der Waals surface area contributed by atoms with Gasteiger partial charge >= 0.3 is 5.97 Å². The number of aromatic hydroxyl groups is 1. The fraction of sp³-hybridized carbons (Fsp3) is 0.267. The van der Waals surface area contributed by atoms with Crippen molar-refractivity contribution in [3.05, 3.63) is 29.5 Å². The molecule has 1 amide bonds. The number of carbonyl (C=O) groups excluding carboxylic acids is 2. The molecule has 0 radical (unpaired) electrons. The number of carbonyl (C=O) groups is 2. The quantitative estimate of drug-likeness (QED) is 0.471. The molecule has 0 spiro atoms. The second-order valence-electron chi connectivity index (χ2n) is 4.58. The molecule has 23 heavy (non-hydrogen) atoms. The van der Waals surface area contributed by atoms with Gasteiger partial charge in [0.1, 0.15) is 12.2 Å². The molecule has 2 N–H and O–H groups in total. The van der Waals surface area contributed by atoms with Crippen molar-refractivity contribution in [2.75, 3.05) is 20.3 Å². The van der Waals surface area contributed by atoms with Gasteiger partial charge in [0.15, 0.2) is 16.6 Å². The summed E-state index contributed by atoms with van der Waals surface area (Å²) in [5.74, 6) is -0.804. The van der Waals surface area contributed by atoms with Crippen LogP contribution < -0.4 is 10.1 Å². The number of amides is 1. The van der Waals surface area contributed by atoms with Gasteiger partial charge in [-0.2, -0.15) is 0 Å². The highest BCUT2D eigenvalue weighted by molar-refractivity contribution is 7.80. The number of hydrogen-bond donors (Lipinski definition) is 2. The smallest absolute Gasteiger partial charge is 0.325 e. The van der Waals surface area contributed by atoms with Crippen LogP contribution in [-0.4, -0.2) is 47.3 Å². The van der Waals surface area contributed by atoms with E-state index < -0.39 is 11.9 Å². The lowest BCUT2D eigenvalue weighted by atomic mass is 10.1. The van der Waals surface area contributed by atoms with Crippen LogP contribution in [0.25, 0.3) is 6.08 Å². The van der Waals surface area contributed by atoms with Gasteiger partial charge in [0.05, 0.1) is 13.7 Å². The lowest BCUT2D eigenvalue weighted by Crippen LogP contribution is -2.35. The highest BCUT2D eigenvalue weighted by Crippen LogP contribution is 2.31. The summed E-state index contributed by atoms with van der Waals surface area (Å²) >= 11 is 5.04. The Kier molecular flexibility index (Phi) is 5.17. The highest BCUT2D eigenvalue weighted by Gasteiger charge is 2.32. The summed E-state index contributed by atoms with van der Waals surface area (Å²) in [5.41, 5.74) is 0.553. The normalized spacial score (nSPS) is 15.7. The Hall–Kier alpha value is -2.61. The van der Waals surface area contributed by atoms with Crippen LogP contribution in [0.4, 0.5) is 0 Å². The molecule has 8 heteroatoms. The number of benzene rings is 1. The summed E-state index contributed by atoms with van der Waals surface area (Å²) in [6, 6.07) is 4.95. The van der Waals surface area contributed by atoms with E-state index in [1.165, 1.54) is 13.2 Å². The second kappa shape index (κ2) is 7.10. The first kappa shape index (κ1) is 16.8. The van der Waals surface area contributed by atoms with Crippen molar-refractivity contribution >= 4 is 35.3 Å². The lowest BCUT2D eigenvalue weighted by Gasteiger charge is -2.11. The van der Waals surface area contributed by atoms with E-state index in [2.05, 4.69) is 10.1 Å². The Morgan fingerprint density at radius 1 is 1.48 bits per heavy atom. The summed E-state index contributed by atoms with van der Waals surface area (Å²) in [4.78, 5) is 24.7. The minimum Gasteiger partial charge on any atom is -0.504 e. The molecular formula is C15H16N2O5S. The van der Waals surface area contributed by atoms with Crippen molar-refractivity contribution in [2.24, 2.45) is 0 Å². The monoisotopic (exact) mass is 336 g/mol. The highest BCUT2D eigenvalue weighted by atomic mass is 32.1. The Morgan fingerprint density at radius 3 is 2.87 bits per heavy atom. The van der Waals surface area contributed by atoms with Crippen LogP contribution in [0.3, 0.4) is 0 Å². The van der Waals surface area contributed by atoms with Crippen LogP contribution in [0.15, 0.2) is 23.9 Å². The van der Waals surface area contributed by atoms with E-state index in [1.807, 2.05) is 0 Å². The molecule has 1 heterocycles. The number of nitrogens with one attached hydrogen (secondary N) is 1. The molecule has 1 aliphatic heterocycles. The Labute approximate surface area is 138 Å². The van der Waals surface area contributed by atoms with Crippen molar-refractivity contribution in [2.45, 2.75) is 6.92 Å². The van der Waals surface area contributed by atoms with E-state index >= 15 is 0 Å². The minimum atomic E-state index is -0.579. The van der Waals surface area contributed by atoms with Crippen LogP contribution in [-0.2, 0) is 14.3 Å². The molecule has 0 unspecified atom stereocenters. The van der Waals surface area contributed by atoms with Crippen LogP contribution in [0.5, 0.6) is 11.5 Å². The van der Waals surface area contributed by atoms with E-state index in [-0.39, 0.29) is 23.1 Å². The molecule has 1 aliphatic rings. The minimum absolute atomic E-state index is 0.0752.